The van der Waals surface area contributed by atoms with Gasteiger partial charge in [0.15, 0.2) is 0 Å². The minimum atomic E-state index is 0.711. The molecule has 0 aliphatic carbocycles. The van der Waals surface area contributed by atoms with Crippen LogP contribution < -0.4 is 14.8 Å². The van der Waals surface area contributed by atoms with Gasteiger partial charge < -0.3 is 14.8 Å². The second-order valence-corrected chi connectivity index (χ2v) is 6.71. The number of unbranched alkanes of at least 4 members (excludes halogenated alkanes) is 1. The molecule has 0 unspecified atom stereocenters. The molecule has 3 aromatic rings. The first-order chi connectivity index (χ1) is 13.3. The third kappa shape index (κ3) is 5.69. The predicted molar refractivity (Wildman–Crippen MR) is 112 cm³/mol. The van der Waals surface area contributed by atoms with E-state index in [9.17, 15) is 0 Å². The molecule has 0 bridgehead atoms. The van der Waals surface area contributed by atoms with Gasteiger partial charge in [0.2, 0.25) is 0 Å². The van der Waals surface area contributed by atoms with Crippen molar-refractivity contribution in [3.63, 3.8) is 0 Å². The fourth-order valence-electron chi connectivity index (χ4n) is 2.54. The highest BCUT2D eigenvalue weighted by molar-refractivity contribution is 9.09. The number of alkyl halides is 1. The maximum absolute atomic E-state index is 5.83. The number of halogens is 1. The van der Waals surface area contributed by atoms with E-state index in [0.29, 0.717) is 6.61 Å². The zero-order chi connectivity index (χ0) is 18.9. The molecule has 0 saturated carbocycles. The number of nitrogens with zero attached hydrogens (tertiary/aromatic N) is 2. The summed E-state index contributed by atoms with van der Waals surface area (Å²) in [5.41, 5.74) is 2.77. The Morgan fingerprint density at radius 1 is 0.963 bits per heavy atom. The van der Waals surface area contributed by atoms with Gasteiger partial charge in [-0.2, -0.15) is 0 Å². The van der Waals surface area contributed by atoms with Gasteiger partial charge in [-0.15, -0.1) is 0 Å². The third-order valence-electron chi connectivity index (χ3n) is 3.96. The lowest BCUT2D eigenvalue weighted by molar-refractivity contribution is 0.310. The Balaban J connectivity index is 1.70. The summed E-state index contributed by atoms with van der Waals surface area (Å²) in [6.45, 7) is 0.711. The Morgan fingerprint density at radius 3 is 2.59 bits per heavy atom. The fraction of sp³-hybridized carbons (Fsp3) is 0.238. The number of hydrogen-bond acceptors (Lipinski definition) is 5. The molecule has 3 rings (SSSR count). The second kappa shape index (κ2) is 9.92. The maximum atomic E-state index is 5.83. The van der Waals surface area contributed by atoms with E-state index in [0.717, 1.165) is 52.4 Å². The molecule has 5 nitrogen and oxygen atoms in total. The summed E-state index contributed by atoms with van der Waals surface area (Å²) in [4.78, 5) is 8.70. The number of aromatic nitrogens is 2. The average Bonchev–Trinajstić information content (AvgIpc) is 2.72. The highest BCUT2D eigenvalue weighted by Crippen LogP contribution is 2.25. The van der Waals surface area contributed by atoms with Crippen LogP contribution in [0.1, 0.15) is 12.8 Å². The number of hydrogen-bond donors (Lipinski definition) is 1. The van der Waals surface area contributed by atoms with Gasteiger partial charge in [0.05, 0.1) is 19.4 Å². The van der Waals surface area contributed by atoms with Crippen molar-refractivity contribution in [1.29, 1.82) is 0 Å². The number of anilines is 2. The second-order valence-electron chi connectivity index (χ2n) is 5.91. The quantitative estimate of drug-likeness (QED) is 0.363. The zero-order valence-electron chi connectivity index (χ0n) is 15.2. The minimum Gasteiger partial charge on any atom is -0.497 e. The van der Waals surface area contributed by atoms with Crippen molar-refractivity contribution in [3.05, 3.63) is 60.9 Å². The van der Waals surface area contributed by atoms with E-state index < -0.39 is 0 Å². The number of ether oxygens (including phenoxy) is 2. The Labute approximate surface area is 167 Å². The molecule has 0 radical (unpaired) electrons. The van der Waals surface area contributed by atoms with Gasteiger partial charge >= 0.3 is 0 Å². The lowest BCUT2D eigenvalue weighted by atomic mass is 10.1. The molecule has 27 heavy (non-hydrogen) atoms. The number of rotatable bonds is 9. The highest BCUT2D eigenvalue weighted by atomic mass is 79.9. The van der Waals surface area contributed by atoms with Gasteiger partial charge in [0.1, 0.15) is 23.6 Å². The van der Waals surface area contributed by atoms with Crippen molar-refractivity contribution < 1.29 is 9.47 Å². The van der Waals surface area contributed by atoms with Gasteiger partial charge in [-0.1, -0.05) is 28.1 Å². The predicted octanol–water partition coefficient (Wildman–Crippen LogP) is 5.45. The van der Waals surface area contributed by atoms with E-state index in [2.05, 4.69) is 31.2 Å². The molecule has 0 aliphatic heterocycles. The first-order valence-electron chi connectivity index (χ1n) is 8.81. The van der Waals surface area contributed by atoms with Crippen molar-refractivity contribution in [3.8, 4) is 22.8 Å². The van der Waals surface area contributed by atoms with Crippen molar-refractivity contribution >= 4 is 27.4 Å². The van der Waals surface area contributed by atoms with Gasteiger partial charge in [0.25, 0.3) is 0 Å². The summed E-state index contributed by atoms with van der Waals surface area (Å²) in [5.74, 6) is 2.40. The van der Waals surface area contributed by atoms with Crippen LogP contribution in [0.15, 0.2) is 60.9 Å². The molecule has 0 amide bonds. The summed E-state index contributed by atoms with van der Waals surface area (Å²) >= 11 is 3.43. The lowest BCUT2D eigenvalue weighted by Crippen LogP contribution is -1.98. The van der Waals surface area contributed by atoms with Crippen molar-refractivity contribution in [2.24, 2.45) is 0 Å². The SMILES string of the molecule is COc1ccc(Nc2cc(-c3cccc(OCCCCBr)c3)ncn2)cc1. The van der Waals surface area contributed by atoms with Gasteiger partial charge in [0, 0.05) is 22.6 Å². The van der Waals surface area contributed by atoms with Crippen LogP contribution in [0.3, 0.4) is 0 Å². The standard InChI is InChI=1S/C21H22BrN3O2/c1-26-18-9-7-17(8-10-18)25-21-14-20(23-15-24-21)16-5-4-6-19(13-16)27-12-3-2-11-22/h4-10,13-15H,2-3,11-12H2,1H3,(H,23,24,25). The van der Waals surface area contributed by atoms with Crippen molar-refractivity contribution in [1.82, 2.24) is 9.97 Å². The van der Waals surface area contributed by atoms with Crippen LogP contribution in [0.5, 0.6) is 11.5 Å². The topological polar surface area (TPSA) is 56.3 Å². The van der Waals surface area contributed by atoms with Crippen LogP contribution in [0.4, 0.5) is 11.5 Å². The van der Waals surface area contributed by atoms with Gasteiger partial charge in [-0.3, -0.25) is 0 Å². The molecule has 0 spiro atoms. The summed E-state index contributed by atoms with van der Waals surface area (Å²) < 4.78 is 11.0. The average molecular weight is 428 g/mol. The molecule has 1 N–H and O–H groups in total. The molecule has 1 heterocycles. The van der Waals surface area contributed by atoms with Gasteiger partial charge in [-0.05, 0) is 49.2 Å². The molecule has 0 aliphatic rings. The summed E-state index contributed by atoms with van der Waals surface area (Å²) in [7, 11) is 1.65. The van der Waals surface area contributed by atoms with Crippen molar-refractivity contribution in [2.75, 3.05) is 24.4 Å². The van der Waals surface area contributed by atoms with Crippen LogP contribution in [0, 0.1) is 0 Å². The van der Waals surface area contributed by atoms with Crippen LogP contribution in [-0.4, -0.2) is 29.0 Å². The first kappa shape index (κ1) is 19.2. The molecule has 0 atom stereocenters. The Kier molecular flexibility index (Phi) is 7.04. The molecule has 1 aromatic heterocycles. The lowest BCUT2D eigenvalue weighted by Gasteiger charge is -2.09. The van der Waals surface area contributed by atoms with E-state index in [1.165, 1.54) is 0 Å². The van der Waals surface area contributed by atoms with E-state index in [1.54, 1.807) is 13.4 Å². The van der Waals surface area contributed by atoms with Crippen LogP contribution in [0.2, 0.25) is 0 Å². The largest absolute Gasteiger partial charge is 0.497 e. The smallest absolute Gasteiger partial charge is 0.134 e. The number of nitrogens with one attached hydrogen (secondary N) is 1. The van der Waals surface area contributed by atoms with E-state index in [-0.39, 0.29) is 0 Å². The first-order valence-corrected chi connectivity index (χ1v) is 9.93. The van der Waals surface area contributed by atoms with Gasteiger partial charge in [-0.25, -0.2) is 9.97 Å². The number of benzene rings is 2. The van der Waals surface area contributed by atoms with Crippen molar-refractivity contribution in [2.45, 2.75) is 12.8 Å². The van der Waals surface area contributed by atoms with Crippen LogP contribution >= 0.6 is 15.9 Å². The van der Waals surface area contributed by atoms with Crippen LogP contribution in [-0.2, 0) is 0 Å². The number of methoxy groups -OCH3 is 1. The normalized spacial score (nSPS) is 10.4. The van der Waals surface area contributed by atoms with Crippen LogP contribution in [0.25, 0.3) is 11.3 Å². The molecule has 0 saturated heterocycles. The molecule has 140 valence electrons. The van der Waals surface area contributed by atoms with E-state index >= 15 is 0 Å². The molecular weight excluding hydrogens is 406 g/mol. The summed E-state index contributed by atoms with van der Waals surface area (Å²) in [6, 6.07) is 17.6. The summed E-state index contributed by atoms with van der Waals surface area (Å²) in [6.07, 6.45) is 3.69. The highest BCUT2D eigenvalue weighted by Gasteiger charge is 2.05. The third-order valence-corrected chi connectivity index (χ3v) is 4.52. The Morgan fingerprint density at radius 2 is 1.81 bits per heavy atom. The van der Waals surface area contributed by atoms with E-state index in [4.69, 9.17) is 9.47 Å². The zero-order valence-corrected chi connectivity index (χ0v) is 16.8. The summed E-state index contributed by atoms with van der Waals surface area (Å²) in [5, 5.41) is 4.29. The molecular formula is C21H22BrN3O2. The molecule has 6 heteroatoms. The molecule has 0 fully saturated rings. The minimum absolute atomic E-state index is 0.711. The monoisotopic (exact) mass is 427 g/mol. The fourth-order valence-corrected chi connectivity index (χ4v) is 2.93. The maximum Gasteiger partial charge on any atom is 0.134 e. The molecule has 2 aromatic carbocycles. The Bertz CT molecular complexity index is 856. The Hall–Kier alpha value is -2.60. The van der Waals surface area contributed by atoms with E-state index in [1.807, 2.05) is 54.6 Å².